The van der Waals surface area contributed by atoms with E-state index in [1.54, 1.807) is 0 Å². The Hall–Kier alpha value is -8.26. The van der Waals surface area contributed by atoms with Crippen molar-refractivity contribution in [2.45, 2.75) is 32.1 Å². The van der Waals surface area contributed by atoms with Crippen molar-refractivity contribution < 1.29 is 0 Å². The van der Waals surface area contributed by atoms with E-state index in [1.807, 2.05) is 0 Å². The molecule has 1 nitrogen and oxygen atoms in total. The molecular formula is C67H53N. The van der Waals surface area contributed by atoms with Crippen molar-refractivity contribution >= 4 is 52.1 Å². The number of hydrogen-bond acceptors (Lipinski definition) is 1. The van der Waals surface area contributed by atoms with Crippen LogP contribution in [0, 0.1) is 0 Å². The van der Waals surface area contributed by atoms with Gasteiger partial charge < -0.3 is 4.90 Å². The molecule has 68 heavy (non-hydrogen) atoms. The second kappa shape index (κ2) is 18.6. The molecule has 0 amide bonds. The van der Waals surface area contributed by atoms with Crippen LogP contribution in [-0.4, -0.2) is 0 Å². The minimum atomic E-state index is -0.0603. The summed E-state index contributed by atoms with van der Waals surface area (Å²) < 4.78 is 0. The van der Waals surface area contributed by atoms with Crippen LogP contribution in [0.15, 0.2) is 237 Å². The number of benzene rings is 10. The van der Waals surface area contributed by atoms with Gasteiger partial charge in [-0.2, -0.15) is 0 Å². The Kier molecular flexibility index (Phi) is 11.6. The summed E-state index contributed by atoms with van der Waals surface area (Å²) in [5.41, 5.74) is 21.1. The maximum absolute atomic E-state index is 2.46. The molecule has 1 aliphatic carbocycles. The Balaban J connectivity index is 0.791. The van der Waals surface area contributed by atoms with E-state index in [9.17, 15) is 0 Å². The largest absolute Gasteiger partial charge is 0.310 e. The van der Waals surface area contributed by atoms with E-state index in [-0.39, 0.29) is 5.41 Å². The Morgan fingerprint density at radius 1 is 0.309 bits per heavy atom. The first-order valence-corrected chi connectivity index (χ1v) is 24.0. The van der Waals surface area contributed by atoms with Crippen LogP contribution in [0.5, 0.6) is 0 Å². The van der Waals surface area contributed by atoms with Crippen molar-refractivity contribution in [1.82, 2.24) is 0 Å². The summed E-state index contributed by atoms with van der Waals surface area (Å²) in [5, 5.41) is 2.48. The topological polar surface area (TPSA) is 3.24 Å². The molecule has 1 aliphatic rings. The number of hydrogen-bond donors (Lipinski definition) is 0. The Bertz CT molecular complexity index is 3380. The molecule has 326 valence electrons. The minimum absolute atomic E-state index is 0.0603. The smallest absolute Gasteiger partial charge is 0.0465 e. The number of nitrogens with zero attached hydrogens (tertiary/aromatic N) is 1. The van der Waals surface area contributed by atoms with E-state index in [1.165, 1.54) is 94.3 Å². The molecule has 0 atom stereocenters. The van der Waals surface area contributed by atoms with Gasteiger partial charge in [-0.25, -0.2) is 0 Å². The average molecular weight is 872 g/mol. The molecule has 11 rings (SSSR count). The lowest BCUT2D eigenvalue weighted by Crippen LogP contribution is -2.23. The van der Waals surface area contributed by atoms with Crippen LogP contribution in [0.25, 0.3) is 79.6 Å². The molecule has 0 saturated carbocycles. The summed E-state index contributed by atoms with van der Waals surface area (Å²) in [6.07, 6.45) is 11.0. The van der Waals surface area contributed by atoms with Gasteiger partial charge in [-0.3, -0.25) is 0 Å². The maximum atomic E-state index is 2.46. The third-order valence-corrected chi connectivity index (χ3v) is 14.1. The van der Waals surface area contributed by atoms with E-state index < -0.39 is 0 Å². The lowest BCUT2D eigenvalue weighted by atomic mass is 9.73. The number of rotatable bonds is 12. The molecule has 0 unspecified atom stereocenters. The van der Waals surface area contributed by atoms with Crippen molar-refractivity contribution in [3.8, 4) is 44.5 Å². The lowest BCUT2D eigenvalue weighted by Gasteiger charge is -2.32. The van der Waals surface area contributed by atoms with Crippen LogP contribution in [0.2, 0.25) is 0 Å². The molecule has 0 aromatic heterocycles. The summed E-state index contributed by atoms with van der Waals surface area (Å²) in [5.74, 6) is 0. The van der Waals surface area contributed by atoms with Gasteiger partial charge in [0.15, 0.2) is 0 Å². The van der Waals surface area contributed by atoms with Crippen molar-refractivity contribution in [2.75, 3.05) is 4.90 Å². The fourth-order valence-electron chi connectivity index (χ4n) is 10.4. The molecule has 10 aromatic carbocycles. The van der Waals surface area contributed by atoms with Crippen LogP contribution in [-0.2, 0) is 5.41 Å². The van der Waals surface area contributed by atoms with Crippen LogP contribution < -0.4 is 4.90 Å². The Morgan fingerprint density at radius 3 is 1.26 bits per heavy atom. The monoisotopic (exact) mass is 871 g/mol. The van der Waals surface area contributed by atoms with Crippen molar-refractivity contribution in [3.05, 3.63) is 270 Å². The van der Waals surface area contributed by atoms with E-state index >= 15 is 0 Å². The van der Waals surface area contributed by atoms with Gasteiger partial charge in [-0.15, -0.1) is 0 Å². The predicted molar refractivity (Wildman–Crippen MR) is 292 cm³/mol. The molecule has 0 N–H and O–H groups in total. The number of fused-ring (bicyclic) bond motifs is 4. The molecule has 0 saturated heterocycles. The third-order valence-electron chi connectivity index (χ3n) is 14.1. The van der Waals surface area contributed by atoms with Crippen LogP contribution in [0.1, 0.15) is 60.1 Å². The van der Waals surface area contributed by atoms with Crippen LogP contribution >= 0.6 is 0 Å². The predicted octanol–water partition coefficient (Wildman–Crippen LogP) is 18.7. The second-order valence-electron chi connectivity index (χ2n) is 18.0. The zero-order chi connectivity index (χ0) is 45.9. The SMILES string of the molecule is CCC1(CC)c2cc(/C=C/c3ccc(/C=C/c4ccc(-c5ccc6cc(-c7ccccc7)c(-c7ccccc7)cc6c5)cc4)cc3)ccc2-c2ccc(N(c3ccccc3)c3ccccc3)cc21. The zero-order valence-corrected chi connectivity index (χ0v) is 38.7. The van der Waals surface area contributed by atoms with Gasteiger partial charge >= 0.3 is 0 Å². The molecule has 0 bridgehead atoms. The van der Waals surface area contributed by atoms with Crippen molar-refractivity contribution in [1.29, 1.82) is 0 Å². The standard InChI is InChI=1S/C67H53N/c1-3-67(4-2)65-43-51(35-41-61(65)62-42-40-60(47-66(62)67)68(58-21-13-7-14-22-58)59-23-15-8-16-24-59)32-31-49-27-25-48(26-28-49)29-30-50-33-36-52(37-34-50)55-38-39-56-45-63(53-17-9-5-10-18-53)64(46-57(56)44-55)54-19-11-6-12-20-54/h5-47H,3-4H2,1-2H3/b30-29+,32-31+. The summed E-state index contributed by atoms with van der Waals surface area (Å²) in [7, 11) is 0. The van der Waals surface area contributed by atoms with E-state index in [0.717, 1.165) is 24.2 Å². The van der Waals surface area contributed by atoms with E-state index in [4.69, 9.17) is 0 Å². The molecule has 0 fully saturated rings. The summed E-state index contributed by atoms with van der Waals surface area (Å²) in [4.78, 5) is 2.38. The number of anilines is 3. The fraction of sp³-hybridized carbons (Fsp3) is 0.0746. The Morgan fingerprint density at radius 2 is 0.735 bits per heavy atom. The first-order valence-electron chi connectivity index (χ1n) is 24.0. The van der Waals surface area contributed by atoms with Gasteiger partial charge in [0.2, 0.25) is 0 Å². The molecular weight excluding hydrogens is 819 g/mol. The Labute approximate surface area is 401 Å². The van der Waals surface area contributed by atoms with Gasteiger partial charge in [0.05, 0.1) is 0 Å². The minimum Gasteiger partial charge on any atom is -0.310 e. The normalized spacial score (nSPS) is 12.7. The molecule has 0 aliphatic heterocycles. The fourth-order valence-corrected chi connectivity index (χ4v) is 10.4. The van der Waals surface area contributed by atoms with Gasteiger partial charge in [-0.1, -0.05) is 220 Å². The number of para-hydroxylation sites is 2. The zero-order valence-electron chi connectivity index (χ0n) is 38.7. The summed E-state index contributed by atoms with van der Waals surface area (Å²) in [6, 6.07) is 86.3. The molecule has 10 aromatic rings. The highest BCUT2D eigenvalue weighted by molar-refractivity contribution is 5.98. The first kappa shape index (κ1) is 42.4. The van der Waals surface area contributed by atoms with Crippen molar-refractivity contribution in [3.63, 3.8) is 0 Å². The summed E-state index contributed by atoms with van der Waals surface area (Å²) in [6.45, 7) is 4.70. The maximum Gasteiger partial charge on any atom is 0.0465 e. The second-order valence-corrected chi connectivity index (χ2v) is 18.0. The third kappa shape index (κ3) is 8.18. The highest BCUT2D eigenvalue weighted by atomic mass is 15.1. The van der Waals surface area contributed by atoms with Crippen molar-refractivity contribution in [2.24, 2.45) is 0 Å². The van der Waals surface area contributed by atoms with E-state index in [2.05, 4.69) is 280 Å². The lowest BCUT2D eigenvalue weighted by molar-refractivity contribution is 0.490. The van der Waals surface area contributed by atoms with Gasteiger partial charge in [0.1, 0.15) is 0 Å². The quantitative estimate of drug-likeness (QED) is 0.111. The van der Waals surface area contributed by atoms with E-state index in [0.29, 0.717) is 0 Å². The molecule has 0 spiro atoms. The van der Waals surface area contributed by atoms with Gasteiger partial charge in [0, 0.05) is 22.5 Å². The highest BCUT2D eigenvalue weighted by Gasteiger charge is 2.41. The van der Waals surface area contributed by atoms with Crippen LogP contribution in [0.4, 0.5) is 17.1 Å². The molecule has 0 radical (unpaired) electrons. The molecule has 1 heteroatoms. The first-order chi connectivity index (χ1) is 33.6. The van der Waals surface area contributed by atoms with Gasteiger partial charge in [0.25, 0.3) is 0 Å². The molecule has 0 heterocycles. The summed E-state index contributed by atoms with van der Waals surface area (Å²) >= 11 is 0. The van der Waals surface area contributed by atoms with Gasteiger partial charge in [-0.05, 0) is 156 Å². The van der Waals surface area contributed by atoms with Crippen LogP contribution in [0.3, 0.4) is 0 Å². The average Bonchev–Trinajstić information content (AvgIpc) is 3.69. The highest BCUT2D eigenvalue weighted by Crippen LogP contribution is 2.54.